The molecule has 172 valence electrons. The van der Waals surface area contributed by atoms with Crippen LogP contribution in [0.2, 0.25) is 10.0 Å². The molecule has 7 nitrogen and oxygen atoms in total. The van der Waals surface area contributed by atoms with Crippen molar-refractivity contribution >= 4 is 62.5 Å². The molecule has 1 fully saturated rings. The van der Waals surface area contributed by atoms with Gasteiger partial charge in [0.05, 0.1) is 25.5 Å². The van der Waals surface area contributed by atoms with Gasteiger partial charge in [-0.15, -0.1) is 0 Å². The van der Waals surface area contributed by atoms with Crippen LogP contribution in [0.15, 0.2) is 46.8 Å². The van der Waals surface area contributed by atoms with Gasteiger partial charge < -0.3 is 15.7 Å². The lowest BCUT2D eigenvalue weighted by molar-refractivity contribution is -0.139. The molecule has 1 atom stereocenters. The number of carboxylic acids is 1. The average molecular weight is 553 g/mol. The minimum absolute atomic E-state index is 0.0566. The first-order valence-corrected chi connectivity index (χ1v) is 11.9. The Bertz CT molecular complexity index is 1140. The third kappa shape index (κ3) is 4.52. The number of Topliss-reactive ketones (excluding diaryl/α,β-unsaturated/α-hetero) is 1. The number of carbonyl (C=O) groups is 3. The van der Waals surface area contributed by atoms with Crippen LogP contribution in [0.3, 0.4) is 0 Å². The van der Waals surface area contributed by atoms with Crippen LogP contribution in [0.5, 0.6) is 0 Å². The molecule has 1 spiro atoms. The highest BCUT2D eigenvalue weighted by Gasteiger charge is 2.54. The van der Waals surface area contributed by atoms with Crippen LogP contribution in [0.25, 0.3) is 0 Å². The standard InChI is InChI=1S/C23H20BrCl2N3O4/c24-18-19(23(20(18)30)7-1-2-8-23)29-16(22(32)33)9-12-3-5-13(6-4-12)28-21(31)17-14(25)10-27-11-15(17)26/h3-6,10-11,16,29H,1-2,7-9H2,(H,28,31)(H,32,33). The summed E-state index contributed by atoms with van der Waals surface area (Å²) in [5.74, 6) is -1.42. The van der Waals surface area contributed by atoms with Crippen LogP contribution < -0.4 is 10.6 Å². The number of aromatic nitrogens is 1. The Morgan fingerprint density at radius 1 is 1.12 bits per heavy atom. The molecule has 1 aromatic heterocycles. The van der Waals surface area contributed by atoms with Gasteiger partial charge in [-0.3, -0.25) is 14.6 Å². The lowest BCUT2D eigenvalue weighted by Crippen LogP contribution is -2.51. The molecule has 10 heteroatoms. The lowest BCUT2D eigenvalue weighted by atomic mass is 9.69. The third-order valence-corrected chi connectivity index (χ3v) is 7.47. The molecule has 1 aromatic carbocycles. The molecule has 0 bridgehead atoms. The number of anilines is 1. The highest BCUT2D eigenvalue weighted by Crippen LogP contribution is 2.54. The van der Waals surface area contributed by atoms with Gasteiger partial charge in [-0.2, -0.15) is 0 Å². The largest absolute Gasteiger partial charge is 0.480 e. The lowest BCUT2D eigenvalue weighted by Gasteiger charge is -2.41. The number of allylic oxidation sites excluding steroid dienone is 2. The van der Waals surface area contributed by atoms with Gasteiger partial charge in [0.2, 0.25) is 0 Å². The van der Waals surface area contributed by atoms with Gasteiger partial charge in [-0.1, -0.05) is 48.2 Å². The number of pyridine rings is 1. The number of carbonyl (C=O) groups excluding carboxylic acids is 2. The van der Waals surface area contributed by atoms with E-state index in [1.807, 2.05) is 0 Å². The van der Waals surface area contributed by atoms with Crippen molar-refractivity contribution in [3.05, 3.63) is 68.0 Å². The molecule has 0 aliphatic heterocycles. The second kappa shape index (κ2) is 9.44. The van der Waals surface area contributed by atoms with Gasteiger partial charge in [-0.25, -0.2) is 4.79 Å². The summed E-state index contributed by atoms with van der Waals surface area (Å²) in [4.78, 5) is 40.7. The van der Waals surface area contributed by atoms with Crippen LogP contribution >= 0.6 is 39.1 Å². The van der Waals surface area contributed by atoms with Crippen LogP contribution in [0, 0.1) is 5.41 Å². The van der Waals surface area contributed by atoms with Gasteiger partial charge in [0.25, 0.3) is 5.91 Å². The second-order valence-electron chi connectivity index (χ2n) is 8.18. The maximum absolute atomic E-state index is 12.5. The van der Waals surface area contributed by atoms with Gasteiger partial charge in [0.15, 0.2) is 5.78 Å². The highest BCUT2D eigenvalue weighted by molar-refractivity contribution is 9.12. The number of amides is 1. The van der Waals surface area contributed by atoms with Gasteiger partial charge >= 0.3 is 5.97 Å². The highest BCUT2D eigenvalue weighted by atomic mass is 79.9. The van der Waals surface area contributed by atoms with Crippen molar-refractivity contribution in [3.63, 3.8) is 0 Å². The molecule has 1 heterocycles. The molecule has 2 aliphatic carbocycles. The summed E-state index contributed by atoms with van der Waals surface area (Å²) >= 11 is 15.4. The van der Waals surface area contributed by atoms with Crippen molar-refractivity contribution in [2.75, 3.05) is 5.32 Å². The minimum Gasteiger partial charge on any atom is -0.480 e. The molecule has 2 aliphatic rings. The Balaban J connectivity index is 1.44. The molecule has 0 saturated heterocycles. The van der Waals surface area contributed by atoms with Crippen LogP contribution in [0.4, 0.5) is 5.69 Å². The maximum atomic E-state index is 12.5. The number of aliphatic carboxylic acids is 1. The summed E-state index contributed by atoms with van der Waals surface area (Å²) in [5.41, 5.74) is 1.54. The van der Waals surface area contributed by atoms with E-state index in [1.165, 1.54) is 12.4 Å². The van der Waals surface area contributed by atoms with Crippen molar-refractivity contribution in [1.82, 2.24) is 10.3 Å². The van der Waals surface area contributed by atoms with Gasteiger partial charge in [0, 0.05) is 30.2 Å². The molecule has 0 radical (unpaired) electrons. The van der Waals surface area contributed by atoms with Gasteiger partial charge in [0.1, 0.15) is 6.04 Å². The third-order valence-electron chi connectivity index (χ3n) is 6.14. The second-order valence-corrected chi connectivity index (χ2v) is 9.78. The fourth-order valence-electron chi connectivity index (χ4n) is 4.40. The zero-order valence-corrected chi connectivity index (χ0v) is 20.4. The smallest absolute Gasteiger partial charge is 0.326 e. The predicted octanol–water partition coefficient (Wildman–Crippen LogP) is 4.98. The summed E-state index contributed by atoms with van der Waals surface area (Å²) in [6.45, 7) is 0. The van der Waals surface area contributed by atoms with E-state index < -0.39 is 23.3 Å². The molecule has 4 rings (SSSR count). The quantitative estimate of drug-likeness (QED) is 0.447. The van der Waals surface area contributed by atoms with Crippen molar-refractivity contribution in [1.29, 1.82) is 0 Å². The van der Waals surface area contributed by atoms with Crippen molar-refractivity contribution in [3.8, 4) is 0 Å². The number of nitrogens with zero attached hydrogens (tertiary/aromatic N) is 1. The Morgan fingerprint density at radius 3 is 2.30 bits per heavy atom. The first-order valence-electron chi connectivity index (χ1n) is 10.4. The molecular weight excluding hydrogens is 533 g/mol. The summed E-state index contributed by atoms with van der Waals surface area (Å²) in [6, 6.07) is 5.94. The van der Waals surface area contributed by atoms with Crippen LogP contribution in [0.1, 0.15) is 41.6 Å². The first kappa shape index (κ1) is 23.7. The van der Waals surface area contributed by atoms with E-state index >= 15 is 0 Å². The van der Waals surface area contributed by atoms with E-state index in [-0.39, 0.29) is 27.8 Å². The van der Waals surface area contributed by atoms with Crippen LogP contribution in [-0.4, -0.2) is 33.8 Å². The summed E-state index contributed by atoms with van der Waals surface area (Å²) in [5, 5.41) is 15.9. The van der Waals surface area contributed by atoms with E-state index in [1.54, 1.807) is 24.3 Å². The number of hydrogen-bond donors (Lipinski definition) is 3. The molecule has 33 heavy (non-hydrogen) atoms. The Labute approximate surface area is 208 Å². The number of nitrogens with one attached hydrogen (secondary N) is 2. The number of rotatable bonds is 7. The molecule has 1 unspecified atom stereocenters. The Morgan fingerprint density at radius 2 is 1.73 bits per heavy atom. The van der Waals surface area contributed by atoms with Crippen molar-refractivity contribution in [2.45, 2.75) is 38.1 Å². The predicted molar refractivity (Wildman–Crippen MR) is 129 cm³/mol. The molecular formula is C23H20BrCl2N3O4. The molecule has 3 N–H and O–H groups in total. The van der Waals surface area contributed by atoms with Gasteiger partial charge in [-0.05, 0) is 46.5 Å². The van der Waals surface area contributed by atoms with E-state index in [0.29, 0.717) is 15.9 Å². The summed E-state index contributed by atoms with van der Waals surface area (Å²) in [7, 11) is 0. The van der Waals surface area contributed by atoms with E-state index in [0.717, 1.165) is 31.2 Å². The zero-order valence-electron chi connectivity index (χ0n) is 17.3. The topological polar surface area (TPSA) is 108 Å². The minimum atomic E-state index is -1.00. The van der Waals surface area contributed by atoms with Crippen molar-refractivity contribution in [2.24, 2.45) is 5.41 Å². The SMILES string of the molecule is O=C(Nc1ccc(CC(NC2=C(Br)C(=O)C23CCCC3)C(=O)O)cc1)c1c(Cl)cncc1Cl. The number of halogens is 3. The van der Waals surface area contributed by atoms with E-state index in [4.69, 9.17) is 23.2 Å². The first-order chi connectivity index (χ1) is 15.7. The van der Waals surface area contributed by atoms with E-state index in [2.05, 4.69) is 31.5 Å². The maximum Gasteiger partial charge on any atom is 0.326 e. The Hall–Kier alpha value is -2.42. The molecule has 1 amide bonds. The number of benzene rings is 1. The molecule has 2 aromatic rings. The van der Waals surface area contributed by atoms with Crippen molar-refractivity contribution < 1.29 is 19.5 Å². The fourth-order valence-corrected chi connectivity index (χ4v) is 5.81. The summed E-state index contributed by atoms with van der Waals surface area (Å²) < 4.78 is 0.446. The molecule has 1 saturated carbocycles. The monoisotopic (exact) mass is 551 g/mol. The zero-order chi connectivity index (χ0) is 23.8. The normalized spacial score (nSPS) is 17.6. The van der Waals surface area contributed by atoms with Crippen LogP contribution in [-0.2, 0) is 16.0 Å². The number of ketones is 1. The summed E-state index contributed by atoms with van der Waals surface area (Å²) in [6.07, 6.45) is 6.29. The Kier molecular flexibility index (Phi) is 6.79. The van der Waals surface area contributed by atoms with E-state index in [9.17, 15) is 19.5 Å². The number of hydrogen-bond acceptors (Lipinski definition) is 5. The fraction of sp³-hybridized carbons (Fsp3) is 0.304. The average Bonchev–Trinajstić information content (AvgIpc) is 3.29. The number of carboxylic acid groups (broad SMARTS) is 1.